The topological polar surface area (TPSA) is 41.5 Å². The first-order valence-electron chi connectivity index (χ1n) is 5.40. The van der Waals surface area contributed by atoms with Crippen molar-refractivity contribution in [3.8, 4) is 0 Å². The largest absolute Gasteiger partial charge is 0.350 e. The van der Waals surface area contributed by atoms with Crippen LogP contribution < -0.4 is 5.32 Å². The van der Waals surface area contributed by atoms with Gasteiger partial charge in [0.1, 0.15) is 0 Å². The molecule has 15 heavy (non-hydrogen) atoms. The van der Waals surface area contributed by atoms with Gasteiger partial charge in [-0.25, -0.2) is 0 Å². The lowest BCUT2D eigenvalue weighted by atomic mass is 10.1. The second-order valence-electron chi connectivity index (χ2n) is 4.36. The molecule has 0 aliphatic carbocycles. The average Bonchev–Trinajstić information content (AvgIpc) is 2.17. The minimum atomic E-state index is 0.0150. The summed E-state index contributed by atoms with van der Waals surface area (Å²) in [7, 11) is 0. The van der Waals surface area contributed by atoms with E-state index in [4.69, 9.17) is 0 Å². The van der Waals surface area contributed by atoms with E-state index in [0.29, 0.717) is 12.5 Å². The molecule has 0 heterocycles. The van der Waals surface area contributed by atoms with E-state index in [-0.39, 0.29) is 11.8 Å². The summed E-state index contributed by atoms with van der Waals surface area (Å²) in [5.41, 5.74) is 0.845. The molecule has 0 unspecified atom stereocenters. The predicted molar refractivity (Wildman–Crippen MR) is 64.9 cm³/mol. The van der Waals surface area contributed by atoms with Gasteiger partial charge >= 0.3 is 0 Å². The highest BCUT2D eigenvalue weighted by atomic mass is 16.1. The summed E-state index contributed by atoms with van der Waals surface area (Å²) in [6.07, 6.45) is 2.99. The fourth-order valence-electron chi connectivity index (χ4n) is 0.946. The Morgan fingerprint density at radius 1 is 1.40 bits per heavy atom. The van der Waals surface area contributed by atoms with Gasteiger partial charge in [-0.2, -0.15) is 0 Å². The molecule has 0 rings (SSSR count). The molecule has 1 N–H and O–H groups in total. The first-order valence-corrected chi connectivity index (χ1v) is 5.40. The maximum Gasteiger partial charge on any atom is 0.222 e. The minimum absolute atomic E-state index is 0.0150. The number of carbonyl (C=O) groups excluding carboxylic acids is 1. The first-order chi connectivity index (χ1) is 6.97. The Bertz CT molecular complexity index is 242. The van der Waals surface area contributed by atoms with Gasteiger partial charge < -0.3 is 5.32 Å². The number of carbonyl (C=O) groups is 1. The normalized spacial score (nSPS) is 12.0. The second-order valence-corrected chi connectivity index (χ2v) is 4.36. The number of allylic oxidation sites excluding steroid dienone is 1. The van der Waals surface area contributed by atoms with Crippen LogP contribution in [-0.4, -0.2) is 19.2 Å². The maximum absolute atomic E-state index is 11.3. The summed E-state index contributed by atoms with van der Waals surface area (Å²) in [4.78, 5) is 15.2. The standard InChI is InChI=1S/C12H22N2O/c1-9(2)6-7-11(13-5)8-14-12(15)10(3)4/h7,9-10H,5-6,8H2,1-4H3,(H,14,15)/b11-7-. The Kier molecular flexibility index (Phi) is 6.67. The Hall–Kier alpha value is -1.12. The van der Waals surface area contributed by atoms with Crippen LogP contribution in [0.1, 0.15) is 34.1 Å². The number of nitrogens with one attached hydrogen (secondary N) is 1. The molecule has 0 aromatic heterocycles. The average molecular weight is 210 g/mol. The molecule has 0 bridgehead atoms. The van der Waals surface area contributed by atoms with E-state index in [9.17, 15) is 4.79 Å². The summed E-state index contributed by atoms with van der Waals surface area (Å²) in [6.45, 7) is 12.0. The highest BCUT2D eigenvalue weighted by Crippen LogP contribution is 2.04. The van der Waals surface area contributed by atoms with Crippen molar-refractivity contribution in [2.45, 2.75) is 34.1 Å². The third-order valence-corrected chi connectivity index (χ3v) is 2.00. The van der Waals surface area contributed by atoms with Crippen molar-refractivity contribution in [1.82, 2.24) is 5.32 Å². The molecule has 0 saturated carbocycles. The van der Waals surface area contributed by atoms with Crippen LogP contribution >= 0.6 is 0 Å². The molecule has 1 amide bonds. The van der Waals surface area contributed by atoms with E-state index in [1.807, 2.05) is 19.9 Å². The van der Waals surface area contributed by atoms with Crippen molar-refractivity contribution >= 4 is 12.6 Å². The molecule has 0 atom stereocenters. The lowest BCUT2D eigenvalue weighted by molar-refractivity contribution is -0.123. The molecule has 3 heteroatoms. The van der Waals surface area contributed by atoms with Crippen LogP contribution in [0.2, 0.25) is 0 Å². The lowest BCUT2D eigenvalue weighted by Crippen LogP contribution is -2.29. The van der Waals surface area contributed by atoms with E-state index in [0.717, 1.165) is 12.1 Å². The summed E-state index contributed by atoms with van der Waals surface area (Å²) in [6, 6.07) is 0. The SMILES string of the molecule is C=N/C(=C\CC(C)C)CNC(=O)C(C)C. The molecule has 86 valence electrons. The van der Waals surface area contributed by atoms with Gasteiger partial charge in [-0.15, -0.1) is 0 Å². The summed E-state index contributed by atoms with van der Waals surface area (Å²) >= 11 is 0. The zero-order valence-corrected chi connectivity index (χ0v) is 10.2. The predicted octanol–water partition coefficient (Wildman–Crippen LogP) is 2.39. The quantitative estimate of drug-likeness (QED) is 0.672. The van der Waals surface area contributed by atoms with Crippen molar-refractivity contribution in [1.29, 1.82) is 0 Å². The van der Waals surface area contributed by atoms with Crippen molar-refractivity contribution in [2.24, 2.45) is 16.8 Å². The first kappa shape index (κ1) is 13.9. The van der Waals surface area contributed by atoms with Crippen LogP contribution in [0.4, 0.5) is 0 Å². The molecule has 0 fully saturated rings. The number of aliphatic imine (C=N–C) groups is 1. The Morgan fingerprint density at radius 2 is 2.00 bits per heavy atom. The second kappa shape index (κ2) is 7.21. The molecular formula is C12H22N2O. The molecule has 0 spiro atoms. The molecule has 0 aliphatic rings. The van der Waals surface area contributed by atoms with Crippen LogP contribution in [0, 0.1) is 11.8 Å². The zero-order chi connectivity index (χ0) is 11.8. The number of nitrogens with zero attached hydrogens (tertiary/aromatic N) is 1. The Balaban J connectivity index is 4.06. The van der Waals surface area contributed by atoms with Crippen LogP contribution in [0.5, 0.6) is 0 Å². The van der Waals surface area contributed by atoms with E-state index >= 15 is 0 Å². The minimum Gasteiger partial charge on any atom is -0.350 e. The fraction of sp³-hybridized carbons (Fsp3) is 0.667. The number of hydrogen-bond donors (Lipinski definition) is 1. The van der Waals surface area contributed by atoms with Gasteiger partial charge in [0.05, 0.1) is 12.2 Å². The smallest absolute Gasteiger partial charge is 0.222 e. The molecule has 0 aromatic rings. The van der Waals surface area contributed by atoms with E-state index in [1.165, 1.54) is 0 Å². The summed E-state index contributed by atoms with van der Waals surface area (Å²) in [5.74, 6) is 0.665. The summed E-state index contributed by atoms with van der Waals surface area (Å²) < 4.78 is 0. The van der Waals surface area contributed by atoms with E-state index in [1.54, 1.807) is 0 Å². The molecule has 0 aromatic carbocycles. The number of amides is 1. The van der Waals surface area contributed by atoms with Crippen LogP contribution in [0.15, 0.2) is 16.8 Å². The van der Waals surface area contributed by atoms with Gasteiger partial charge in [0.25, 0.3) is 0 Å². The maximum atomic E-state index is 11.3. The number of rotatable bonds is 6. The molecule has 0 aliphatic heterocycles. The number of hydrogen-bond acceptors (Lipinski definition) is 2. The van der Waals surface area contributed by atoms with Crippen molar-refractivity contribution in [3.63, 3.8) is 0 Å². The Labute approximate surface area is 92.7 Å². The van der Waals surface area contributed by atoms with Gasteiger partial charge in [0.15, 0.2) is 0 Å². The lowest BCUT2D eigenvalue weighted by Gasteiger charge is -2.08. The van der Waals surface area contributed by atoms with Crippen molar-refractivity contribution < 1.29 is 4.79 Å². The van der Waals surface area contributed by atoms with Gasteiger partial charge in [-0.3, -0.25) is 9.79 Å². The highest BCUT2D eigenvalue weighted by molar-refractivity contribution is 5.78. The van der Waals surface area contributed by atoms with E-state index < -0.39 is 0 Å². The van der Waals surface area contributed by atoms with E-state index in [2.05, 4.69) is 30.9 Å². The monoisotopic (exact) mass is 210 g/mol. The van der Waals surface area contributed by atoms with Crippen molar-refractivity contribution in [3.05, 3.63) is 11.8 Å². The molecule has 3 nitrogen and oxygen atoms in total. The third kappa shape index (κ3) is 6.89. The van der Waals surface area contributed by atoms with Crippen molar-refractivity contribution in [2.75, 3.05) is 6.54 Å². The Morgan fingerprint density at radius 3 is 2.40 bits per heavy atom. The molecule has 0 saturated heterocycles. The van der Waals surface area contributed by atoms with Gasteiger partial charge in [-0.05, 0) is 19.1 Å². The zero-order valence-electron chi connectivity index (χ0n) is 10.2. The summed E-state index contributed by atoms with van der Waals surface area (Å²) in [5, 5.41) is 2.82. The molecule has 0 radical (unpaired) electrons. The highest BCUT2D eigenvalue weighted by Gasteiger charge is 2.06. The van der Waals surface area contributed by atoms with Gasteiger partial charge in [-0.1, -0.05) is 33.8 Å². The van der Waals surface area contributed by atoms with Gasteiger partial charge in [0.2, 0.25) is 5.91 Å². The van der Waals surface area contributed by atoms with Crippen LogP contribution in [0.25, 0.3) is 0 Å². The van der Waals surface area contributed by atoms with Crippen LogP contribution in [0.3, 0.4) is 0 Å². The third-order valence-electron chi connectivity index (χ3n) is 2.00. The van der Waals surface area contributed by atoms with Crippen LogP contribution in [-0.2, 0) is 4.79 Å². The van der Waals surface area contributed by atoms with Gasteiger partial charge in [0, 0.05) is 5.92 Å². The fourth-order valence-corrected chi connectivity index (χ4v) is 0.946. The molecular weight excluding hydrogens is 188 g/mol.